The number of nitrogens with zero attached hydrogens (tertiary/aromatic N) is 1. The third-order valence-electron chi connectivity index (χ3n) is 3.16. The van der Waals surface area contributed by atoms with Gasteiger partial charge in [0.2, 0.25) is 0 Å². The summed E-state index contributed by atoms with van der Waals surface area (Å²) < 4.78 is 11.2. The van der Waals surface area contributed by atoms with E-state index >= 15 is 0 Å². The van der Waals surface area contributed by atoms with Crippen molar-refractivity contribution in [1.29, 1.82) is 0 Å². The summed E-state index contributed by atoms with van der Waals surface area (Å²) in [5.74, 6) is 1.72. The molecule has 0 aromatic heterocycles. The van der Waals surface area contributed by atoms with Crippen LogP contribution in [-0.2, 0) is 0 Å². The van der Waals surface area contributed by atoms with Crippen molar-refractivity contribution in [3.8, 4) is 11.5 Å². The molecule has 1 N–H and O–H groups in total. The van der Waals surface area contributed by atoms with Crippen molar-refractivity contribution in [2.45, 2.75) is 19.4 Å². The van der Waals surface area contributed by atoms with Gasteiger partial charge < -0.3 is 19.7 Å². The number of nitrogens with one attached hydrogen (secondary N) is 1. The zero-order valence-corrected chi connectivity index (χ0v) is 12.1. The quantitative estimate of drug-likeness (QED) is 0.853. The SMILES string of the molecule is CCCNC(CN(C)C)c1ccc2c(c1)OCCO2. The van der Waals surface area contributed by atoms with Crippen LogP contribution in [-0.4, -0.2) is 45.3 Å². The smallest absolute Gasteiger partial charge is 0.161 e. The fourth-order valence-electron chi connectivity index (χ4n) is 2.25. The van der Waals surface area contributed by atoms with Gasteiger partial charge in [-0.15, -0.1) is 0 Å². The maximum absolute atomic E-state index is 5.66. The highest BCUT2D eigenvalue weighted by Crippen LogP contribution is 2.32. The molecule has 19 heavy (non-hydrogen) atoms. The second kappa shape index (κ2) is 6.78. The van der Waals surface area contributed by atoms with Crippen LogP contribution in [0.15, 0.2) is 18.2 Å². The van der Waals surface area contributed by atoms with Crippen LogP contribution in [0, 0.1) is 0 Å². The highest BCUT2D eigenvalue weighted by Gasteiger charge is 2.17. The molecule has 1 aromatic carbocycles. The second-order valence-corrected chi connectivity index (χ2v) is 5.17. The average Bonchev–Trinajstić information content (AvgIpc) is 2.42. The molecule has 0 fully saturated rings. The van der Waals surface area contributed by atoms with Crippen LogP contribution >= 0.6 is 0 Å². The molecular formula is C15H24N2O2. The van der Waals surface area contributed by atoms with E-state index < -0.39 is 0 Å². The molecule has 2 rings (SSSR count). The third kappa shape index (κ3) is 3.85. The minimum atomic E-state index is 0.325. The number of hydrogen-bond donors (Lipinski definition) is 1. The van der Waals surface area contributed by atoms with Crippen molar-refractivity contribution in [3.63, 3.8) is 0 Å². The number of hydrogen-bond acceptors (Lipinski definition) is 4. The molecular weight excluding hydrogens is 240 g/mol. The Morgan fingerprint density at radius 2 is 1.95 bits per heavy atom. The standard InChI is InChI=1S/C15H24N2O2/c1-4-7-16-13(11-17(2)3)12-5-6-14-15(10-12)19-9-8-18-14/h5-6,10,13,16H,4,7-9,11H2,1-3H3. The molecule has 0 aliphatic carbocycles. The Bertz CT molecular complexity index is 407. The van der Waals surface area contributed by atoms with Crippen LogP contribution in [0.4, 0.5) is 0 Å². The summed E-state index contributed by atoms with van der Waals surface area (Å²) in [6.07, 6.45) is 1.13. The van der Waals surface area contributed by atoms with E-state index in [9.17, 15) is 0 Å². The Hall–Kier alpha value is -1.26. The van der Waals surface area contributed by atoms with Gasteiger partial charge in [0.15, 0.2) is 11.5 Å². The zero-order chi connectivity index (χ0) is 13.7. The Balaban J connectivity index is 2.15. The summed E-state index contributed by atoms with van der Waals surface area (Å²) in [6.45, 7) is 5.45. The Morgan fingerprint density at radius 1 is 1.21 bits per heavy atom. The molecule has 106 valence electrons. The molecule has 0 bridgehead atoms. The van der Waals surface area contributed by atoms with Crippen LogP contribution in [0.25, 0.3) is 0 Å². The minimum Gasteiger partial charge on any atom is -0.486 e. The van der Waals surface area contributed by atoms with E-state index in [1.54, 1.807) is 0 Å². The molecule has 0 spiro atoms. The molecule has 4 nitrogen and oxygen atoms in total. The van der Waals surface area contributed by atoms with Gasteiger partial charge in [0, 0.05) is 12.6 Å². The van der Waals surface area contributed by atoms with E-state index in [1.807, 2.05) is 6.07 Å². The van der Waals surface area contributed by atoms with Gasteiger partial charge in [-0.3, -0.25) is 0 Å². The van der Waals surface area contributed by atoms with E-state index in [0.29, 0.717) is 19.3 Å². The molecule has 1 heterocycles. The lowest BCUT2D eigenvalue weighted by atomic mass is 10.1. The number of ether oxygens (including phenoxy) is 2. The van der Waals surface area contributed by atoms with Gasteiger partial charge in [0.05, 0.1) is 0 Å². The first-order valence-corrected chi connectivity index (χ1v) is 6.98. The maximum atomic E-state index is 5.66. The highest BCUT2D eigenvalue weighted by atomic mass is 16.6. The van der Waals surface area contributed by atoms with E-state index in [2.05, 4.69) is 43.4 Å². The van der Waals surface area contributed by atoms with Crippen molar-refractivity contribution >= 4 is 0 Å². The molecule has 1 unspecified atom stereocenters. The summed E-state index contributed by atoms with van der Waals surface area (Å²) in [6, 6.07) is 6.57. The van der Waals surface area contributed by atoms with Crippen LogP contribution in [0.1, 0.15) is 24.9 Å². The van der Waals surface area contributed by atoms with Crippen LogP contribution in [0.5, 0.6) is 11.5 Å². The van der Waals surface area contributed by atoms with Crippen molar-refractivity contribution < 1.29 is 9.47 Å². The summed E-state index contributed by atoms with van der Waals surface area (Å²) >= 11 is 0. The van der Waals surface area contributed by atoms with Crippen molar-refractivity contribution in [3.05, 3.63) is 23.8 Å². The van der Waals surface area contributed by atoms with E-state index in [1.165, 1.54) is 5.56 Å². The fraction of sp³-hybridized carbons (Fsp3) is 0.600. The predicted molar refractivity (Wildman–Crippen MR) is 77.0 cm³/mol. The van der Waals surface area contributed by atoms with Crippen molar-refractivity contribution in [1.82, 2.24) is 10.2 Å². The van der Waals surface area contributed by atoms with Gasteiger partial charge in [-0.1, -0.05) is 13.0 Å². The van der Waals surface area contributed by atoms with Gasteiger partial charge in [-0.05, 0) is 44.8 Å². The van der Waals surface area contributed by atoms with Gasteiger partial charge in [0.1, 0.15) is 13.2 Å². The van der Waals surface area contributed by atoms with E-state index in [-0.39, 0.29) is 0 Å². The zero-order valence-electron chi connectivity index (χ0n) is 12.1. The lowest BCUT2D eigenvalue weighted by Crippen LogP contribution is -2.31. The molecule has 1 aromatic rings. The molecule has 0 saturated carbocycles. The lowest BCUT2D eigenvalue weighted by Gasteiger charge is -2.25. The molecule has 4 heteroatoms. The number of benzene rings is 1. The normalized spacial score (nSPS) is 15.6. The van der Waals surface area contributed by atoms with Crippen LogP contribution in [0.2, 0.25) is 0 Å². The van der Waals surface area contributed by atoms with Crippen LogP contribution < -0.4 is 14.8 Å². The first-order chi connectivity index (χ1) is 9.20. The topological polar surface area (TPSA) is 33.7 Å². The largest absolute Gasteiger partial charge is 0.486 e. The Morgan fingerprint density at radius 3 is 2.63 bits per heavy atom. The third-order valence-corrected chi connectivity index (χ3v) is 3.16. The number of likely N-dealkylation sites (N-methyl/N-ethyl adjacent to an activating group) is 1. The summed E-state index contributed by atoms with van der Waals surface area (Å²) in [4.78, 5) is 2.20. The average molecular weight is 264 g/mol. The molecule has 1 aliphatic heterocycles. The molecule has 1 aliphatic rings. The number of rotatable bonds is 6. The molecule has 1 atom stereocenters. The van der Waals surface area contributed by atoms with Gasteiger partial charge >= 0.3 is 0 Å². The Labute approximate surface area is 115 Å². The fourth-order valence-corrected chi connectivity index (χ4v) is 2.25. The number of fused-ring (bicyclic) bond motifs is 1. The maximum Gasteiger partial charge on any atom is 0.161 e. The van der Waals surface area contributed by atoms with Crippen LogP contribution in [0.3, 0.4) is 0 Å². The Kier molecular flexibility index (Phi) is 5.05. The molecule has 0 amide bonds. The minimum absolute atomic E-state index is 0.325. The van der Waals surface area contributed by atoms with Gasteiger partial charge in [0.25, 0.3) is 0 Å². The monoisotopic (exact) mass is 264 g/mol. The predicted octanol–water partition coefficient (Wildman–Crippen LogP) is 2.06. The molecule has 0 radical (unpaired) electrons. The van der Waals surface area contributed by atoms with E-state index in [4.69, 9.17) is 9.47 Å². The summed E-state index contributed by atoms with van der Waals surface area (Å²) in [5, 5.41) is 3.59. The second-order valence-electron chi connectivity index (χ2n) is 5.17. The summed E-state index contributed by atoms with van der Waals surface area (Å²) in [5.41, 5.74) is 1.26. The lowest BCUT2D eigenvalue weighted by molar-refractivity contribution is 0.171. The van der Waals surface area contributed by atoms with Crippen molar-refractivity contribution in [2.24, 2.45) is 0 Å². The summed E-state index contributed by atoms with van der Waals surface area (Å²) in [7, 11) is 4.19. The van der Waals surface area contributed by atoms with E-state index in [0.717, 1.165) is 31.0 Å². The molecule has 0 saturated heterocycles. The first kappa shape index (κ1) is 14.2. The first-order valence-electron chi connectivity index (χ1n) is 6.98. The van der Waals surface area contributed by atoms with Crippen molar-refractivity contribution in [2.75, 3.05) is 40.4 Å². The highest BCUT2D eigenvalue weighted by molar-refractivity contribution is 5.44. The van der Waals surface area contributed by atoms with Gasteiger partial charge in [-0.25, -0.2) is 0 Å². The van der Waals surface area contributed by atoms with Gasteiger partial charge in [-0.2, -0.15) is 0 Å².